The van der Waals surface area contributed by atoms with E-state index in [-0.39, 0.29) is 0 Å². The molecule has 2 N–H and O–H groups in total. The van der Waals surface area contributed by atoms with Gasteiger partial charge in [-0.2, -0.15) is 0 Å². The number of ether oxygens (including phenoxy) is 1. The van der Waals surface area contributed by atoms with E-state index >= 15 is 0 Å². The Hall–Kier alpha value is -0.120. The van der Waals surface area contributed by atoms with E-state index in [0.717, 1.165) is 32.7 Å². The maximum atomic E-state index is 5.80. The minimum absolute atomic E-state index is 0.364. The molecule has 2 atom stereocenters. The predicted octanol–water partition coefficient (Wildman–Crippen LogP) is 1.22. The SMILES string of the molecule is CCCC(CN)N1CCCOC(C)C1. The summed E-state index contributed by atoms with van der Waals surface area (Å²) >= 11 is 0. The molecule has 1 saturated heterocycles. The summed E-state index contributed by atoms with van der Waals surface area (Å²) in [5, 5.41) is 0. The van der Waals surface area contributed by atoms with Gasteiger partial charge in [-0.05, 0) is 19.8 Å². The molecule has 0 aromatic heterocycles. The lowest BCUT2D eigenvalue weighted by molar-refractivity contribution is 0.0604. The highest BCUT2D eigenvalue weighted by molar-refractivity contribution is 4.76. The Morgan fingerprint density at radius 1 is 1.57 bits per heavy atom. The Morgan fingerprint density at radius 3 is 3.00 bits per heavy atom. The van der Waals surface area contributed by atoms with E-state index in [9.17, 15) is 0 Å². The number of hydrogen-bond acceptors (Lipinski definition) is 3. The molecule has 0 radical (unpaired) electrons. The fourth-order valence-electron chi connectivity index (χ4n) is 2.14. The van der Waals surface area contributed by atoms with Crippen molar-refractivity contribution in [2.75, 3.05) is 26.2 Å². The van der Waals surface area contributed by atoms with Gasteiger partial charge in [-0.1, -0.05) is 13.3 Å². The zero-order chi connectivity index (χ0) is 10.4. The van der Waals surface area contributed by atoms with Gasteiger partial charge in [-0.3, -0.25) is 4.90 Å². The van der Waals surface area contributed by atoms with Crippen molar-refractivity contribution >= 4 is 0 Å². The van der Waals surface area contributed by atoms with Crippen LogP contribution in [0.4, 0.5) is 0 Å². The molecule has 1 heterocycles. The monoisotopic (exact) mass is 200 g/mol. The molecule has 3 heteroatoms. The number of hydrogen-bond donors (Lipinski definition) is 1. The standard InChI is InChI=1S/C11H24N2O/c1-3-5-11(8-12)13-6-4-7-14-10(2)9-13/h10-11H,3-9,12H2,1-2H3. The molecule has 0 aromatic rings. The van der Waals surface area contributed by atoms with Gasteiger partial charge in [-0.15, -0.1) is 0 Å². The molecule has 3 nitrogen and oxygen atoms in total. The quantitative estimate of drug-likeness (QED) is 0.741. The van der Waals surface area contributed by atoms with E-state index in [1.807, 2.05) is 0 Å². The lowest BCUT2D eigenvalue weighted by Crippen LogP contribution is -2.43. The van der Waals surface area contributed by atoms with Gasteiger partial charge in [-0.25, -0.2) is 0 Å². The highest BCUT2D eigenvalue weighted by Crippen LogP contribution is 2.12. The lowest BCUT2D eigenvalue weighted by Gasteiger charge is -2.30. The topological polar surface area (TPSA) is 38.5 Å². The van der Waals surface area contributed by atoms with Crippen molar-refractivity contribution in [2.45, 2.75) is 45.3 Å². The van der Waals surface area contributed by atoms with Gasteiger partial charge in [0.05, 0.1) is 6.10 Å². The van der Waals surface area contributed by atoms with E-state index in [2.05, 4.69) is 18.7 Å². The second-order valence-corrected chi connectivity index (χ2v) is 4.21. The Bertz CT molecular complexity index is 152. The summed E-state index contributed by atoms with van der Waals surface area (Å²) in [5.41, 5.74) is 5.80. The van der Waals surface area contributed by atoms with E-state index in [4.69, 9.17) is 10.5 Å². The fourth-order valence-corrected chi connectivity index (χ4v) is 2.14. The number of nitrogens with zero attached hydrogens (tertiary/aromatic N) is 1. The third-order valence-corrected chi connectivity index (χ3v) is 2.89. The third-order valence-electron chi connectivity index (χ3n) is 2.89. The molecule has 1 aliphatic rings. The van der Waals surface area contributed by atoms with E-state index in [0.29, 0.717) is 12.1 Å². The number of rotatable bonds is 4. The van der Waals surface area contributed by atoms with Crippen LogP contribution in [0.1, 0.15) is 33.1 Å². The van der Waals surface area contributed by atoms with Gasteiger partial charge in [0.25, 0.3) is 0 Å². The second-order valence-electron chi connectivity index (χ2n) is 4.21. The van der Waals surface area contributed by atoms with Gasteiger partial charge in [0, 0.05) is 32.3 Å². The van der Waals surface area contributed by atoms with Crippen LogP contribution in [0.25, 0.3) is 0 Å². The first kappa shape index (κ1) is 12.0. The Balaban J connectivity index is 2.45. The van der Waals surface area contributed by atoms with Crippen LogP contribution in [0, 0.1) is 0 Å². The summed E-state index contributed by atoms with van der Waals surface area (Å²) in [6.07, 6.45) is 3.94. The van der Waals surface area contributed by atoms with E-state index < -0.39 is 0 Å². The van der Waals surface area contributed by atoms with Crippen molar-refractivity contribution in [3.05, 3.63) is 0 Å². The van der Waals surface area contributed by atoms with Crippen LogP contribution in [0.2, 0.25) is 0 Å². The van der Waals surface area contributed by atoms with Crippen molar-refractivity contribution in [2.24, 2.45) is 5.73 Å². The van der Waals surface area contributed by atoms with Crippen molar-refractivity contribution in [3.8, 4) is 0 Å². The molecule has 0 spiro atoms. The Kier molecular flexibility index (Phi) is 5.45. The van der Waals surface area contributed by atoms with Gasteiger partial charge < -0.3 is 10.5 Å². The summed E-state index contributed by atoms with van der Waals surface area (Å²) in [6, 6.07) is 0.559. The highest BCUT2D eigenvalue weighted by Gasteiger charge is 2.20. The Morgan fingerprint density at radius 2 is 2.36 bits per heavy atom. The van der Waals surface area contributed by atoms with Gasteiger partial charge in [0.1, 0.15) is 0 Å². The minimum Gasteiger partial charge on any atom is -0.377 e. The first-order valence-electron chi connectivity index (χ1n) is 5.83. The van der Waals surface area contributed by atoms with E-state index in [1.165, 1.54) is 12.8 Å². The van der Waals surface area contributed by atoms with Crippen LogP contribution in [0.15, 0.2) is 0 Å². The smallest absolute Gasteiger partial charge is 0.0674 e. The van der Waals surface area contributed by atoms with Crippen LogP contribution in [0.5, 0.6) is 0 Å². The molecular weight excluding hydrogens is 176 g/mol. The first-order chi connectivity index (χ1) is 6.77. The molecule has 0 aliphatic carbocycles. The van der Waals surface area contributed by atoms with Crippen LogP contribution >= 0.6 is 0 Å². The first-order valence-corrected chi connectivity index (χ1v) is 5.83. The fraction of sp³-hybridized carbons (Fsp3) is 1.00. The summed E-state index contributed by atoms with van der Waals surface area (Å²) in [6.45, 7) is 8.24. The Labute approximate surface area is 87.6 Å². The zero-order valence-electron chi connectivity index (χ0n) is 9.54. The average Bonchev–Trinajstić information content (AvgIpc) is 2.39. The average molecular weight is 200 g/mol. The molecule has 0 aromatic carbocycles. The molecule has 0 amide bonds. The minimum atomic E-state index is 0.364. The molecule has 14 heavy (non-hydrogen) atoms. The largest absolute Gasteiger partial charge is 0.377 e. The summed E-state index contributed by atoms with van der Waals surface area (Å²) in [5.74, 6) is 0. The molecule has 0 bridgehead atoms. The van der Waals surface area contributed by atoms with Crippen molar-refractivity contribution < 1.29 is 4.74 Å². The molecule has 1 aliphatic heterocycles. The molecule has 0 saturated carbocycles. The normalized spacial score (nSPS) is 27.2. The van der Waals surface area contributed by atoms with Crippen molar-refractivity contribution in [1.82, 2.24) is 4.90 Å². The maximum absolute atomic E-state index is 5.80. The second kappa shape index (κ2) is 6.38. The lowest BCUT2D eigenvalue weighted by atomic mass is 10.1. The van der Waals surface area contributed by atoms with Gasteiger partial charge in [0.2, 0.25) is 0 Å². The van der Waals surface area contributed by atoms with Gasteiger partial charge >= 0.3 is 0 Å². The molecule has 84 valence electrons. The number of nitrogens with two attached hydrogens (primary N) is 1. The molecule has 1 rings (SSSR count). The van der Waals surface area contributed by atoms with Crippen LogP contribution in [-0.2, 0) is 4.74 Å². The van der Waals surface area contributed by atoms with Crippen LogP contribution < -0.4 is 5.73 Å². The van der Waals surface area contributed by atoms with Crippen molar-refractivity contribution in [3.63, 3.8) is 0 Å². The zero-order valence-corrected chi connectivity index (χ0v) is 9.54. The summed E-state index contributed by atoms with van der Waals surface area (Å²) in [4.78, 5) is 2.50. The summed E-state index contributed by atoms with van der Waals surface area (Å²) < 4.78 is 5.62. The molecule has 2 unspecified atom stereocenters. The predicted molar refractivity (Wildman–Crippen MR) is 59.4 cm³/mol. The van der Waals surface area contributed by atoms with Crippen LogP contribution in [0.3, 0.4) is 0 Å². The van der Waals surface area contributed by atoms with Crippen molar-refractivity contribution in [1.29, 1.82) is 0 Å². The highest BCUT2D eigenvalue weighted by atomic mass is 16.5. The summed E-state index contributed by atoms with van der Waals surface area (Å²) in [7, 11) is 0. The molecule has 1 fully saturated rings. The maximum Gasteiger partial charge on any atom is 0.0674 e. The van der Waals surface area contributed by atoms with E-state index in [1.54, 1.807) is 0 Å². The van der Waals surface area contributed by atoms with Crippen LogP contribution in [-0.4, -0.2) is 43.3 Å². The molecular formula is C11H24N2O. The van der Waals surface area contributed by atoms with Gasteiger partial charge in [0.15, 0.2) is 0 Å². The third kappa shape index (κ3) is 3.56.